The van der Waals surface area contributed by atoms with Gasteiger partial charge >= 0.3 is 12.1 Å². The van der Waals surface area contributed by atoms with Crippen molar-refractivity contribution in [2.24, 2.45) is 11.1 Å². The van der Waals surface area contributed by atoms with Gasteiger partial charge in [0.05, 0.1) is 6.20 Å². The quantitative estimate of drug-likeness (QED) is 0.650. The van der Waals surface area contributed by atoms with E-state index in [0.29, 0.717) is 19.3 Å². The van der Waals surface area contributed by atoms with Gasteiger partial charge in [0.1, 0.15) is 11.6 Å². The van der Waals surface area contributed by atoms with Crippen molar-refractivity contribution < 1.29 is 18.3 Å². The van der Waals surface area contributed by atoms with E-state index >= 15 is 0 Å². The summed E-state index contributed by atoms with van der Waals surface area (Å²) in [4.78, 5) is 20.1. The highest BCUT2D eigenvalue weighted by atomic mass is 19.3. The second kappa shape index (κ2) is 9.02. The number of halogens is 2. The summed E-state index contributed by atoms with van der Waals surface area (Å²) < 4.78 is 30.6. The molecule has 3 rings (SSSR count). The highest BCUT2D eigenvalue weighted by Crippen LogP contribution is 2.48. The minimum Gasteiger partial charge on any atom is -0.431 e. The van der Waals surface area contributed by atoms with Gasteiger partial charge in [0, 0.05) is 19.0 Å². The molecule has 2 aromatic rings. The Morgan fingerprint density at radius 3 is 2.22 bits per heavy atom. The Morgan fingerprint density at radius 2 is 1.75 bits per heavy atom. The molecule has 1 fully saturated rings. The molecular formula is C24H32F2N4O2. The third-order valence-corrected chi connectivity index (χ3v) is 6.55. The number of hydrogen-bond acceptors (Lipinski definition) is 4. The highest BCUT2D eigenvalue weighted by Gasteiger charge is 2.44. The fourth-order valence-electron chi connectivity index (χ4n) is 4.62. The van der Waals surface area contributed by atoms with E-state index in [9.17, 15) is 13.6 Å². The number of carbonyl (C=O) groups is 1. The van der Waals surface area contributed by atoms with Crippen molar-refractivity contribution in [2.45, 2.75) is 51.2 Å². The first-order valence-corrected chi connectivity index (χ1v) is 10.8. The molecule has 1 saturated carbocycles. The fourth-order valence-corrected chi connectivity index (χ4v) is 4.62. The van der Waals surface area contributed by atoms with E-state index in [1.54, 1.807) is 0 Å². The molecule has 0 saturated heterocycles. The van der Waals surface area contributed by atoms with Crippen LogP contribution < -0.4 is 15.4 Å². The van der Waals surface area contributed by atoms with Crippen LogP contribution in [-0.2, 0) is 5.54 Å². The first kappa shape index (κ1) is 23.9. The topological polar surface area (TPSA) is 71.7 Å². The number of pyridine rings is 1. The van der Waals surface area contributed by atoms with Gasteiger partial charge in [-0.2, -0.15) is 8.78 Å². The van der Waals surface area contributed by atoms with Crippen molar-refractivity contribution in [3.05, 3.63) is 54.2 Å². The van der Waals surface area contributed by atoms with Crippen LogP contribution in [0.3, 0.4) is 0 Å². The molecule has 1 aliphatic carbocycles. The number of rotatable bonds is 7. The van der Waals surface area contributed by atoms with Crippen molar-refractivity contribution >= 4 is 11.8 Å². The lowest BCUT2D eigenvalue weighted by molar-refractivity contribution is -0.159. The molecule has 0 unspecified atom stereocenters. The number of nitrogens with two attached hydrogens (primary N) is 1. The lowest BCUT2D eigenvalue weighted by Crippen LogP contribution is -2.50. The van der Waals surface area contributed by atoms with Crippen LogP contribution in [0.1, 0.15) is 45.1 Å². The Morgan fingerprint density at radius 1 is 1.12 bits per heavy atom. The molecule has 0 radical (unpaired) electrons. The van der Waals surface area contributed by atoms with Gasteiger partial charge in [0.2, 0.25) is 0 Å². The molecule has 2 N–H and O–H groups in total. The van der Waals surface area contributed by atoms with Crippen molar-refractivity contribution in [3.8, 4) is 5.75 Å². The third kappa shape index (κ3) is 5.35. The number of nitrogens with zero attached hydrogens (tertiary/aromatic N) is 3. The standard InChI is InChI=1S/C24H32F2N4O2/c1-22(12-14-24(15-13-22,29(3)4)18-8-6-5-7-9-18)17-30(21(27)31)20-11-10-19(16-28-20)32-23(2,25)26/h5-11,16H,12-15,17H2,1-4H3,(H2,27,31)/t22-,24-. The van der Waals surface area contributed by atoms with Gasteiger partial charge in [-0.1, -0.05) is 37.3 Å². The maximum atomic E-state index is 13.1. The normalized spacial score (nSPS) is 23.7. The molecule has 1 aromatic carbocycles. The molecule has 1 aromatic heterocycles. The maximum Gasteiger partial charge on any atom is 0.394 e. The molecule has 32 heavy (non-hydrogen) atoms. The van der Waals surface area contributed by atoms with Crippen LogP contribution in [0.5, 0.6) is 5.75 Å². The minimum absolute atomic E-state index is 0.0546. The van der Waals surface area contributed by atoms with E-state index in [-0.39, 0.29) is 16.7 Å². The average molecular weight is 447 g/mol. The van der Waals surface area contributed by atoms with Crippen molar-refractivity contribution in [1.29, 1.82) is 0 Å². The number of alkyl halides is 2. The summed E-state index contributed by atoms with van der Waals surface area (Å²) in [6, 6.07) is 12.7. The number of primary amides is 1. The van der Waals surface area contributed by atoms with Crippen LogP contribution in [0.15, 0.2) is 48.7 Å². The van der Waals surface area contributed by atoms with Crippen LogP contribution in [0.25, 0.3) is 0 Å². The number of aromatic nitrogens is 1. The summed E-state index contributed by atoms with van der Waals surface area (Å²) in [6.45, 7) is 3.21. The zero-order valence-electron chi connectivity index (χ0n) is 19.1. The summed E-state index contributed by atoms with van der Waals surface area (Å²) in [7, 11) is 4.22. The van der Waals surface area contributed by atoms with Crippen molar-refractivity contribution in [3.63, 3.8) is 0 Å². The summed E-state index contributed by atoms with van der Waals surface area (Å²) in [6.07, 6.45) is 1.55. The summed E-state index contributed by atoms with van der Waals surface area (Å²) in [5.74, 6) is 0.242. The Kier molecular flexibility index (Phi) is 6.74. The van der Waals surface area contributed by atoms with Gasteiger partial charge in [0.15, 0.2) is 0 Å². The van der Waals surface area contributed by atoms with Crippen molar-refractivity contribution in [1.82, 2.24) is 9.88 Å². The zero-order chi connectivity index (χ0) is 23.6. The summed E-state index contributed by atoms with van der Waals surface area (Å²) in [5, 5.41) is 0. The van der Waals surface area contributed by atoms with E-state index < -0.39 is 12.1 Å². The van der Waals surface area contributed by atoms with Crippen LogP contribution in [-0.4, -0.2) is 42.7 Å². The van der Waals surface area contributed by atoms with E-state index in [1.165, 1.54) is 28.8 Å². The van der Waals surface area contributed by atoms with Gasteiger partial charge in [-0.15, -0.1) is 0 Å². The molecule has 0 atom stereocenters. The number of urea groups is 1. The number of benzene rings is 1. The molecule has 6 nitrogen and oxygen atoms in total. The molecule has 0 spiro atoms. The van der Waals surface area contributed by atoms with Crippen LogP contribution >= 0.6 is 0 Å². The predicted molar refractivity (Wildman–Crippen MR) is 121 cm³/mol. The Bertz CT molecular complexity index is 906. The Hall–Kier alpha value is -2.74. The molecule has 1 aliphatic rings. The highest BCUT2D eigenvalue weighted by molar-refractivity contribution is 5.89. The van der Waals surface area contributed by atoms with Gasteiger partial charge in [-0.05, 0) is 62.9 Å². The summed E-state index contributed by atoms with van der Waals surface area (Å²) >= 11 is 0. The fraction of sp³-hybridized carbons (Fsp3) is 0.500. The van der Waals surface area contributed by atoms with E-state index in [4.69, 9.17) is 5.73 Å². The number of ether oxygens (including phenoxy) is 1. The second-order valence-electron chi connectivity index (χ2n) is 9.29. The smallest absolute Gasteiger partial charge is 0.394 e. The van der Waals surface area contributed by atoms with Gasteiger partial charge in [-0.3, -0.25) is 9.80 Å². The molecule has 1 heterocycles. The molecule has 0 aliphatic heterocycles. The van der Waals surface area contributed by atoms with Gasteiger partial charge in [-0.25, -0.2) is 9.78 Å². The minimum atomic E-state index is -3.31. The molecule has 2 amide bonds. The Labute approximate surface area is 188 Å². The van der Waals surface area contributed by atoms with E-state index in [0.717, 1.165) is 25.7 Å². The first-order valence-electron chi connectivity index (χ1n) is 10.8. The second-order valence-corrected chi connectivity index (χ2v) is 9.29. The monoisotopic (exact) mass is 446 g/mol. The number of carbonyl (C=O) groups excluding carboxylic acids is 1. The number of hydrogen-bond donors (Lipinski definition) is 1. The summed E-state index contributed by atoms with van der Waals surface area (Å²) in [5.41, 5.74) is 6.75. The molecular weight excluding hydrogens is 414 g/mol. The van der Waals surface area contributed by atoms with Gasteiger partial charge in [0.25, 0.3) is 0 Å². The number of anilines is 1. The zero-order valence-corrected chi connectivity index (χ0v) is 19.1. The Balaban J connectivity index is 1.75. The van der Waals surface area contributed by atoms with Crippen LogP contribution in [0.4, 0.5) is 19.4 Å². The molecule has 174 valence electrons. The van der Waals surface area contributed by atoms with E-state index in [2.05, 4.69) is 59.9 Å². The first-order chi connectivity index (χ1) is 14.9. The van der Waals surface area contributed by atoms with E-state index in [1.807, 2.05) is 6.07 Å². The largest absolute Gasteiger partial charge is 0.431 e. The SMILES string of the molecule is CN(C)[C@]1(c2ccccc2)CC[C@@](C)(CN(C(N)=O)c2ccc(OC(C)(F)F)cn2)CC1. The lowest BCUT2D eigenvalue weighted by atomic mass is 9.65. The molecule has 8 heteroatoms. The lowest BCUT2D eigenvalue weighted by Gasteiger charge is -2.49. The molecule has 0 bridgehead atoms. The third-order valence-electron chi connectivity index (χ3n) is 6.55. The predicted octanol–water partition coefficient (Wildman–Crippen LogP) is 5.00. The van der Waals surface area contributed by atoms with Crippen molar-refractivity contribution in [2.75, 3.05) is 25.5 Å². The number of amides is 2. The average Bonchev–Trinajstić information content (AvgIpc) is 2.73. The maximum absolute atomic E-state index is 13.1. The van der Waals surface area contributed by atoms with Crippen LogP contribution in [0, 0.1) is 5.41 Å². The van der Waals surface area contributed by atoms with Gasteiger partial charge < -0.3 is 10.5 Å². The van der Waals surface area contributed by atoms with Crippen LogP contribution in [0.2, 0.25) is 0 Å².